The van der Waals surface area contributed by atoms with Gasteiger partial charge in [0.05, 0.1) is 5.38 Å². The summed E-state index contributed by atoms with van der Waals surface area (Å²) in [4.78, 5) is 21.2. The number of ketones is 2. The molecule has 1 saturated carbocycles. The van der Waals surface area contributed by atoms with E-state index in [9.17, 15) is 9.59 Å². The molecule has 1 rings (SSSR count). The first-order chi connectivity index (χ1) is 4.20. The monoisotopic (exact) mass is 146 g/mol. The molecule has 0 N–H and O–H groups in total. The quantitative estimate of drug-likeness (QED) is 0.476. The topological polar surface area (TPSA) is 34.1 Å². The summed E-state index contributed by atoms with van der Waals surface area (Å²) >= 11 is 5.49. The van der Waals surface area contributed by atoms with Crippen molar-refractivity contribution in [3.05, 3.63) is 0 Å². The second kappa shape index (κ2) is 2.48. The van der Waals surface area contributed by atoms with E-state index in [0.717, 1.165) is 0 Å². The third kappa shape index (κ3) is 1.52. The van der Waals surface area contributed by atoms with Crippen LogP contribution in [0.1, 0.15) is 19.3 Å². The van der Waals surface area contributed by atoms with Crippen LogP contribution in [0, 0.1) is 0 Å². The molecular formula is C6H7ClO2. The summed E-state index contributed by atoms with van der Waals surface area (Å²) in [6.45, 7) is 0. The lowest BCUT2D eigenvalue weighted by Gasteiger charge is -2.11. The highest BCUT2D eigenvalue weighted by atomic mass is 35.5. The van der Waals surface area contributed by atoms with Crippen LogP contribution >= 0.6 is 11.6 Å². The average molecular weight is 147 g/mol. The molecule has 0 bridgehead atoms. The van der Waals surface area contributed by atoms with Crippen LogP contribution in [0.2, 0.25) is 0 Å². The highest BCUT2D eigenvalue weighted by Gasteiger charge is 2.24. The van der Waals surface area contributed by atoms with Crippen LogP contribution in [0.5, 0.6) is 0 Å². The minimum atomic E-state index is -0.536. The number of halogens is 1. The Bertz CT molecular complexity index is 153. The Morgan fingerprint density at radius 1 is 1.33 bits per heavy atom. The van der Waals surface area contributed by atoms with Gasteiger partial charge < -0.3 is 0 Å². The predicted molar refractivity (Wildman–Crippen MR) is 33.5 cm³/mol. The fraction of sp³-hybridized carbons (Fsp3) is 0.667. The summed E-state index contributed by atoms with van der Waals surface area (Å²) < 4.78 is 0. The second-order valence-electron chi connectivity index (χ2n) is 2.18. The molecule has 0 radical (unpaired) electrons. The zero-order valence-electron chi connectivity index (χ0n) is 4.89. The maximum atomic E-state index is 10.7. The van der Waals surface area contributed by atoms with E-state index in [1.54, 1.807) is 0 Å². The van der Waals surface area contributed by atoms with E-state index >= 15 is 0 Å². The molecule has 1 aliphatic rings. The minimum absolute atomic E-state index is 0.0104. The SMILES string of the molecule is O=C1CCC(=O)C(Cl)C1. The Morgan fingerprint density at radius 3 is 2.44 bits per heavy atom. The molecule has 0 aromatic heterocycles. The molecule has 9 heavy (non-hydrogen) atoms. The van der Waals surface area contributed by atoms with Crippen molar-refractivity contribution in [3.63, 3.8) is 0 Å². The van der Waals surface area contributed by atoms with E-state index in [-0.39, 0.29) is 18.0 Å². The van der Waals surface area contributed by atoms with Crippen LogP contribution in [0.4, 0.5) is 0 Å². The number of hydrogen-bond donors (Lipinski definition) is 0. The molecule has 0 aromatic carbocycles. The fourth-order valence-electron chi connectivity index (χ4n) is 0.835. The van der Waals surface area contributed by atoms with E-state index < -0.39 is 5.38 Å². The third-order valence-electron chi connectivity index (χ3n) is 1.41. The maximum Gasteiger partial charge on any atom is 0.151 e. The average Bonchev–Trinajstić information content (AvgIpc) is 1.80. The lowest BCUT2D eigenvalue weighted by Crippen LogP contribution is -2.24. The zero-order chi connectivity index (χ0) is 6.85. The smallest absolute Gasteiger partial charge is 0.151 e. The van der Waals surface area contributed by atoms with Crippen molar-refractivity contribution in [3.8, 4) is 0 Å². The summed E-state index contributed by atoms with van der Waals surface area (Å²) in [5.41, 5.74) is 0. The molecule has 3 heteroatoms. The summed E-state index contributed by atoms with van der Waals surface area (Å²) in [6.07, 6.45) is 0.968. The van der Waals surface area contributed by atoms with Gasteiger partial charge in [-0.1, -0.05) is 0 Å². The van der Waals surface area contributed by atoms with Crippen LogP contribution in [-0.4, -0.2) is 16.9 Å². The van der Waals surface area contributed by atoms with E-state index in [0.29, 0.717) is 12.8 Å². The van der Waals surface area contributed by atoms with Crippen LogP contribution in [0.25, 0.3) is 0 Å². The van der Waals surface area contributed by atoms with Crippen molar-refractivity contribution in [1.29, 1.82) is 0 Å². The van der Waals surface area contributed by atoms with E-state index in [4.69, 9.17) is 11.6 Å². The van der Waals surface area contributed by atoms with Crippen LogP contribution in [-0.2, 0) is 9.59 Å². The number of alkyl halides is 1. The first kappa shape index (κ1) is 6.75. The standard InChI is InChI=1S/C6H7ClO2/c7-5-3-4(8)1-2-6(5)9/h5H,1-3H2. The molecule has 0 saturated heterocycles. The summed E-state index contributed by atoms with van der Waals surface area (Å²) in [5.74, 6) is 0.117. The van der Waals surface area contributed by atoms with Crippen molar-refractivity contribution in [2.24, 2.45) is 0 Å². The van der Waals surface area contributed by atoms with Crippen molar-refractivity contribution in [2.75, 3.05) is 0 Å². The molecule has 0 heterocycles. The van der Waals surface area contributed by atoms with Crippen LogP contribution in [0.3, 0.4) is 0 Å². The first-order valence-corrected chi connectivity index (χ1v) is 3.32. The number of carbonyl (C=O) groups is 2. The molecular weight excluding hydrogens is 140 g/mol. The summed E-state index contributed by atoms with van der Waals surface area (Å²) in [7, 11) is 0. The summed E-state index contributed by atoms with van der Waals surface area (Å²) in [5, 5.41) is -0.536. The van der Waals surface area contributed by atoms with Gasteiger partial charge in [-0.15, -0.1) is 11.6 Å². The van der Waals surface area contributed by atoms with Crippen molar-refractivity contribution in [2.45, 2.75) is 24.6 Å². The van der Waals surface area contributed by atoms with E-state index in [2.05, 4.69) is 0 Å². The van der Waals surface area contributed by atoms with Gasteiger partial charge in [0, 0.05) is 19.3 Å². The number of rotatable bonds is 0. The molecule has 2 nitrogen and oxygen atoms in total. The second-order valence-corrected chi connectivity index (χ2v) is 2.70. The predicted octanol–water partition coefficient (Wildman–Crippen LogP) is 0.916. The highest BCUT2D eigenvalue weighted by Crippen LogP contribution is 2.15. The first-order valence-electron chi connectivity index (χ1n) is 2.88. The van der Waals surface area contributed by atoms with Gasteiger partial charge in [0.1, 0.15) is 5.78 Å². The Labute approximate surface area is 58.2 Å². The van der Waals surface area contributed by atoms with Gasteiger partial charge in [-0.2, -0.15) is 0 Å². The Kier molecular flexibility index (Phi) is 1.86. The van der Waals surface area contributed by atoms with Crippen molar-refractivity contribution in [1.82, 2.24) is 0 Å². The molecule has 50 valence electrons. The van der Waals surface area contributed by atoms with Gasteiger partial charge >= 0.3 is 0 Å². The molecule has 1 unspecified atom stereocenters. The van der Waals surface area contributed by atoms with Gasteiger partial charge in [0.15, 0.2) is 5.78 Å². The van der Waals surface area contributed by atoms with Gasteiger partial charge in [0.2, 0.25) is 0 Å². The number of carbonyl (C=O) groups excluding carboxylic acids is 2. The Balaban J connectivity index is 2.54. The molecule has 0 amide bonds. The minimum Gasteiger partial charge on any atom is -0.300 e. The number of Topliss-reactive ketones (excluding diaryl/α,β-unsaturated/α-hetero) is 2. The van der Waals surface area contributed by atoms with Gasteiger partial charge in [0.25, 0.3) is 0 Å². The van der Waals surface area contributed by atoms with Crippen LogP contribution in [0.15, 0.2) is 0 Å². The molecule has 0 spiro atoms. The third-order valence-corrected chi connectivity index (χ3v) is 1.80. The molecule has 1 atom stereocenters. The lowest BCUT2D eigenvalue weighted by atomic mass is 9.98. The van der Waals surface area contributed by atoms with Crippen LogP contribution < -0.4 is 0 Å². The normalized spacial score (nSPS) is 28.8. The Hall–Kier alpha value is -0.370. The molecule has 1 fully saturated rings. The summed E-state index contributed by atoms with van der Waals surface area (Å²) in [6, 6.07) is 0. The fourth-order valence-corrected chi connectivity index (χ4v) is 1.12. The number of hydrogen-bond acceptors (Lipinski definition) is 2. The van der Waals surface area contributed by atoms with E-state index in [1.165, 1.54) is 0 Å². The Morgan fingerprint density at radius 2 is 2.00 bits per heavy atom. The largest absolute Gasteiger partial charge is 0.300 e. The van der Waals surface area contributed by atoms with E-state index in [1.807, 2.05) is 0 Å². The molecule has 0 aromatic rings. The van der Waals surface area contributed by atoms with Crippen molar-refractivity contribution < 1.29 is 9.59 Å². The molecule has 0 aliphatic heterocycles. The van der Waals surface area contributed by atoms with Gasteiger partial charge in [-0.05, 0) is 0 Å². The molecule has 1 aliphatic carbocycles. The lowest BCUT2D eigenvalue weighted by molar-refractivity contribution is -0.128. The van der Waals surface area contributed by atoms with Gasteiger partial charge in [-0.3, -0.25) is 9.59 Å². The zero-order valence-corrected chi connectivity index (χ0v) is 5.65. The highest BCUT2D eigenvalue weighted by molar-refractivity contribution is 6.33. The van der Waals surface area contributed by atoms with Gasteiger partial charge in [-0.25, -0.2) is 0 Å². The maximum absolute atomic E-state index is 10.7. The van der Waals surface area contributed by atoms with Crippen molar-refractivity contribution >= 4 is 23.2 Å².